The maximum atomic E-state index is 12.4. The molecule has 19 heavy (non-hydrogen) atoms. The number of anilines is 1. The van der Waals surface area contributed by atoms with E-state index >= 15 is 0 Å². The van der Waals surface area contributed by atoms with E-state index in [9.17, 15) is 4.79 Å². The molecule has 0 radical (unpaired) electrons. The molecule has 1 amide bonds. The molecule has 0 saturated carbocycles. The van der Waals surface area contributed by atoms with Crippen molar-refractivity contribution in [2.75, 3.05) is 25.4 Å². The van der Waals surface area contributed by atoms with Gasteiger partial charge in [-0.15, -0.1) is 0 Å². The predicted octanol–water partition coefficient (Wildman–Crippen LogP) is 0.960. The molecule has 2 rings (SSSR count). The number of carbonyl (C=O) groups is 1. The van der Waals surface area contributed by atoms with Crippen molar-refractivity contribution in [2.45, 2.75) is 32.6 Å². The fraction of sp³-hybridized carbons (Fsp3) is 0.692. The lowest BCUT2D eigenvalue weighted by Crippen LogP contribution is -2.39. The first kappa shape index (κ1) is 13.9. The standard InChI is InChI=1S/C13H22N4O2/c1-8(2)11-10(14)12(16-15-11)13(19)17-5-3-9(7-18)4-6-17/h8-9,18H,3-7,14H2,1-2H3,(H,15,16). The smallest absolute Gasteiger partial charge is 0.276 e. The molecule has 106 valence electrons. The first-order chi connectivity index (χ1) is 9.04. The van der Waals surface area contributed by atoms with E-state index in [0.717, 1.165) is 18.5 Å². The van der Waals surface area contributed by atoms with Crippen LogP contribution in [0.3, 0.4) is 0 Å². The molecule has 1 fully saturated rings. The third-order valence-corrected chi connectivity index (χ3v) is 3.77. The van der Waals surface area contributed by atoms with Crippen molar-refractivity contribution < 1.29 is 9.90 Å². The summed E-state index contributed by atoms with van der Waals surface area (Å²) in [5.74, 6) is 0.415. The van der Waals surface area contributed by atoms with Crippen LogP contribution in [0.1, 0.15) is 48.8 Å². The number of H-pyrrole nitrogens is 1. The number of aromatic amines is 1. The second-order valence-corrected chi connectivity index (χ2v) is 5.47. The van der Waals surface area contributed by atoms with Gasteiger partial charge in [0, 0.05) is 19.7 Å². The second kappa shape index (κ2) is 5.61. The number of nitrogens with zero attached hydrogens (tertiary/aromatic N) is 2. The van der Waals surface area contributed by atoms with Crippen LogP contribution in [0, 0.1) is 5.92 Å². The van der Waals surface area contributed by atoms with Gasteiger partial charge < -0.3 is 15.7 Å². The molecule has 6 nitrogen and oxygen atoms in total. The normalized spacial score (nSPS) is 17.2. The van der Waals surface area contributed by atoms with Gasteiger partial charge in [0.2, 0.25) is 0 Å². The molecule has 2 heterocycles. The van der Waals surface area contributed by atoms with Gasteiger partial charge in [0.25, 0.3) is 5.91 Å². The quantitative estimate of drug-likeness (QED) is 0.759. The third-order valence-electron chi connectivity index (χ3n) is 3.77. The average molecular weight is 266 g/mol. The zero-order valence-corrected chi connectivity index (χ0v) is 11.5. The Balaban J connectivity index is 2.08. The van der Waals surface area contributed by atoms with Gasteiger partial charge in [-0.1, -0.05) is 13.8 Å². The van der Waals surface area contributed by atoms with Crippen LogP contribution in [0.5, 0.6) is 0 Å². The summed E-state index contributed by atoms with van der Waals surface area (Å²) in [7, 11) is 0. The lowest BCUT2D eigenvalue weighted by Gasteiger charge is -2.30. The van der Waals surface area contributed by atoms with Crippen LogP contribution in [-0.4, -0.2) is 45.8 Å². The number of aliphatic hydroxyl groups is 1. The summed E-state index contributed by atoms with van der Waals surface area (Å²) >= 11 is 0. The highest BCUT2D eigenvalue weighted by Gasteiger charge is 2.27. The monoisotopic (exact) mass is 266 g/mol. The fourth-order valence-corrected chi connectivity index (χ4v) is 2.44. The van der Waals surface area contributed by atoms with Crippen molar-refractivity contribution in [1.29, 1.82) is 0 Å². The van der Waals surface area contributed by atoms with E-state index in [0.29, 0.717) is 30.4 Å². The first-order valence-corrected chi connectivity index (χ1v) is 6.78. The Morgan fingerprint density at radius 1 is 1.53 bits per heavy atom. The summed E-state index contributed by atoms with van der Waals surface area (Å²) in [5, 5.41) is 16.0. The van der Waals surface area contributed by atoms with E-state index in [4.69, 9.17) is 10.8 Å². The Hall–Kier alpha value is -1.56. The molecule has 4 N–H and O–H groups in total. The first-order valence-electron chi connectivity index (χ1n) is 6.78. The van der Waals surface area contributed by atoms with E-state index in [1.54, 1.807) is 4.90 Å². The number of piperidine rings is 1. The summed E-state index contributed by atoms with van der Waals surface area (Å²) in [4.78, 5) is 14.1. The topological polar surface area (TPSA) is 95.2 Å². The highest BCUT2D eigenvalue weighted by molar-refractivity contribution is 5.97. The number of nitrogens with two attached hydrogens (primary N) is 1. The average Bonchev–Trinajstić information content (AvgIpc) is 2.80. The van der Waals surface area contributed by atoms with Crippen LogP contribution in [0.15, 0.2) is 0 Å². The van der Waals surface area contributed by atoms with Gasteiger partial charge in [0.05, 0.1) is 11.4 Å². The zero-order chi connectivity index (χ0) is 14.0. The molecule has 0 aromatic carbocycles. The third kappa shape index (κ3) is 2.73. The van der Waals surface area contributed by atoms with E-state index in [1.165, 1.54) is 0 Å². The number of hydrogen-bond donors (Lipinski definition) is 3. The summed E-state index contributed by atoms with van der Waals surface area (Å²) in [6.07, 6.45) is 1.67. The highest BCUT2D eigenvalue weighted by Crippen LogP contribution is 2.25. The molecule has 0 unspecified atom stereocenters. The molecule has 1 aliphatic rings. The molecule has 0 spiro atoms. The van der Waals surface area contributed by atoms with Gasteiger partial charge in [-0.05, 0) is 24.7 Å². The predicted molar refractivity (Wildman–Crippen MR) is 72.8 cm³/mol. The number of carbonyl (C=O) groups excluding carboxylic acids is 1. The second-order valence-electron chi connectivity index (χ2n) is 5.47. The molecule has 1 aromatic rings. The lowest BCUT2D eigenvalue weighted by molar-refractivity contribution is 0.0646. The maximum Gasteiger partial charge on any atom is 0.276 e. The van der Waals surface area contributed by atoms with Crippen LogP contribution in [0.2, 0.25) is 0 Å². The molecule has 1 aliphatic heterocycles. The molecule has 0 atom stereocenters. The van der Waals surface area contributed by atoms with Gasteiger partial charge in [0.1, 0.15) is 0 Å². The Bertz CT molecular complexity index is 447. The van der Waals surface area contributed by atoms with Crippen LogP contribution in [0.4, 0.5) is 5.69 Å². The summed E-state index contributed by atoms with van der Waals surface area (Å²) in [6, 6.07) is 0. The van der Waals surface area contributed by atoms with E-state index < -0.39 is 0 Å². The van der Waals surface area contributed by atoms with Crippen molar-refractivity contribution in [3.05, 3.63) is 11.4 Å². The van der Waals surface area contributed by atoms with Gasteiger partial charge >= 0.3 is 0 Å². The van der Waals surface area contributed by atoms with Crippen LogP contribution >= 0.6 is 0 Å². The Morgan fingerprint density at radius 2 is 2.16 bits per heavy atom. The Kier molecular flexibility index (Phi) is 4.09. The SMILES string of the molecule is CC(C)c1[nH]nc(C(=O)N2CCC(CO)CC2)c1N. The number of amides is 1. The van der Waals surface area contributed by atoms with Crippen molar-refractivity contribution in [2.24, 2.45) is 5.92 Å². The highest BCUT2D eigenvalue weighted by atomic mass is 16.3. The van der Waals surface area contributed by atoms with Gasteiger partial charge in [-0.2, -0.15) is 5.10 Å². The number of aliphatic hydroxyl groups excluding tert-OH is 1. The molecular formula is C13H22N4O2. The van der Waals surface area contributed by atoms with Crippen molar-refractivity contribution in [1.82, 2.24) is 15.1 Å². The maximum absolute atomic E-state index is 12.4. The molecule has 1 aromatic heterocycles. The van der Waals surface area contributed by atoms with Crippen LogP contribution in [0.25, 0.3) is 0 Å². The summed E-state index contributed by atoms with van der Waals surface area (Å²) < 4.78 is 0. The van der Waals surface area contributed by atoms with E-state index in [1.807, 2.05) is 13.8 Å². The molecule has 0 bridgehead atoms. The van der Waals surface area contributed by atoms with Crippen molar-refractivity contribution >= 4 is 11.6 Å². The number of nitrogen functional groups attached to an aromatic ring is 1. The van der Waals surface area contributed by atoms with E-state index in [2.05, 4.69) is 10.2 Å². The zero-order valence-electron chi connectivity index (χ0n) is 11.5. The molecule has 1 saturated heterocycles. The van der Waals surface area contributed by atoms with E-state index in [-0.39, 0.29) is 18.4 Å². The molecule has 0 aliphatic carbocycles. The Morgan fingerprint density at radius 3 is 2.63 bits per heavy atom. The van der Waals surface area contributed by atoms with Gasteiger partial charge in [-0.3, -0.25) is 9.89 Å². The largest absolute Gasteiger partial charge is 0.396 e. The molecular weight excluding hydrogens is 244 g/mol. The minimum absolute atomic E-state index is 0.114. The number of nitrogens with one attached hydrogen (secondary N) is 1. The minimum atomic E-state index is -0.114. The molecule has 6 heteroatoms. The number of likely N-dealkylation sites (tertiary alicyclic amines) is 1. The number of hydrogen-bond acceptors (Lipinski definition) is 4. The minimum Gasteiger partial charge on any atom is -0.396 e. The number of aromatic nitrogens is 2. The lowest BCUT2D eigenvalue weighted by atomic mass is 9.97. The van der Waals surface area contributed by atoms with Crippen molar-refractivity contribution in [3.63, 3.8) is 0 Å². The summed E-state index contributed by atoms with van der Waals surface area (Å²) in [6.45, 7) is 5.53. The summed E-state index contributed by atoms with van der Waals surface area (Å²) in [5.41, 5.74) is 7.59. The van der Waals surface area contributed by atoms with Gasteiger partial charge in [-0.25, -0.2) is 0 Å². The fourth-order valence-electron chi connectivity index (χ4n) is 2.44. The Labute approximate surface area is 113 Å². The number of rotatable bonds is 3. The van der Waals surface area contributed by atoms with Crippen LogP contribution < -0.4 is 5.73 Å². The van der Waals surface area contributed by atoms with Gasteiger partial charge in [0.15, 0.2) is 5.69 Å². The van der Waals surface area contributed by atoms with Crippen molar-refractivity contribution in [3.8, 4) is 0 Å². The van der Waals surface area contributed by atoms with Crippen LogP contribution in [-0.2, 0) is 0 Å².